The highest BCUT2D eigenvalue weighted by Crippen LogP contribution is 2.34. The second kappa shape index (κ2) is 5.95. The lowest BCUT2D eigenvalue weighted by Crippen LogP contribution is -2.14. The van der Waals surface area contributed by atoms with E-state index in [9.17, 15) is 9.90 Å². The molecule has 1 aromatic carbocycles. The predicted molar refractivity (Wildman–Crippen MR) is 71.9 cm³/mol. The Kier molecular flexibility index (Phi) is 4.30. The minimum absolute atomic E-state index is 0.331. The van der Waals surface area contributed by atoms with Crippen LogP contribution >= 0.6 is 0 Å². The van der Waals surface area contributed by atoms with Gasteiger partial charge in [0.15, 0.2) is 11.5 Å². The zero-order valence-electron chi connectivity index (χ0n) is 11.4. The zero-order chi connectivity index (χ0) is 13.8. The van der Waals surface area contributed by atoms with Gasteiger partial charge in [-0.3, -0.25) is 4.79 Å². The monoisotopic (exact) mass is 264 g/mol. The first-order chi connectivity index (χ1) is 9.08. The smallest absolute Gasteiger partial charge is 0.310 e. The van der Waals surface area contributed by atoms with E-state index in [4.69, 9.17) is 9.47 Å². The summed E-state index contributed by atoms with van der Waals surface area (Å²) in [5.41, 5.74) is 0.783. The van der Waals surface area contributed by atoms with Crippen molar-refractivity contribution in [3.05, 3.63) is 23.8 Å². The van der Waals surface area contributed by atoms with E-state index in [-0.39, 0.29) is 0 Å². The number of hydrogen-bond donors (Lipinski definition) is 1. The molecule has 0 spiro atoms. The first-order valence-corrected chi connectivity index (χ1v) is 6.70. The van der Waals surface area contributed by atoms with Gasteiger partial charge in [-0.25, -0.2) is 0 Å². The number of carboxylic acid groups (broad SMARTS) is 1. The third kappa shape index (κ3) is 3.40. The Hall–Kier alpha value is -1.71. The van der Waals surface area contributed by atoms with E-state index < -0.39 is 11.9 Å². The maximum absolute atomic E-state index is 11.4. The number of hydrogen-bond acceptors (Lipinski definition) is 3. The van der Waals surface area contributed by atoms with E-state index in [2.05, 4.69) is 0 Å². The van der Waals surface area contributed by atoms with Crippen LogP contribution < -0.4 is 9.47 Å². The van der Waals surface area contributed by atoms with Crippen LogP contribution in [0.4, 0.5) is 0 Å². The number of fused-ring (bicyclic) bond motifs is 1. The molecule has 1 aliphatic heterocycles. The number of rotatable bonds is 4. The van der Waals surface area contributed by atoms with Crippen LogP contribution in [0, 0.1) is 5.92 Å². The van der Waals surface area contributed by atoms with Crippen molar-refractivity contribution in [1.82, 2.24) is 0 Å². The molecular formula is C15H20O4. The van der Waals surface area contributed by atoms with Crippen LogP contribution in [0.25, 0.3) is 0 Å². The highest BCUT2D eigenvalue weighted by Gasteiger charge is 2.23. The van der Waals surface area contributed by atoms with E-state index in [1.165, 1.54) is 0 Å². The molecule has 0 amide bonds. The molecule has 1 unspecified atom stereocenters. The Morgan fingerprint density at radius 1 is 1.26 bits per heavy atom. The van der Waals surface area contributed by atoms with Crippen LogP contribution in [-0.4, -0.2) is 24.3 Å². The molecule has 2 rings (SSSR count). The normalized spacial score (nSPS) is 15.9. The fraction of sp³-hybridized carbons (Fsp3) is 0.533. The van der Waals surface area contributed by atoms with Gasteiger partial charge in [0, 0.05) is 6.42 Å². The van der Waals surface area contributed by atoms with Gasteiger partial charge in [-0.05, 0) is 30.0 Å². The van der Waals surface area contributed by atoms with E-state index in [1.54, 1.807) is 0 Å². The number of ether oxygens (including phenoxy) is 2. The molecule has 1 aliphatic rings. The minimum atomic E-state index is -0.789. The van der Waals surface area contributed by atoms with E-state index in [0.29, 0.717) is 37.1 Å². The molecule has 1 atom stereocenters. The second-order valence-corrected chi connectivity index (χ2v) is 5.28. The molecule has 0 saturated carbocycles. The molecule has 19 heavy (non-hydrogen) atoms. The molecule has 0 fully saturated rings. The van der Waals surface area contributed by atoms with Gasteiger partial charge in [0.25, 0.3) is 0 Å². The summed E-state index contributed by atoms with van der Waals surface area (Å²) in [7, 11) is 0. The highest BCUT2D eigenvalue weighted by molar-refractivity contribution is 5.76. The Balaban J connectivity index is 2.28. The maximum Gasteiger partial charge on any atom is 0.310 e. The molecule has 0 saturated heterocycles. The third-order valence-corrected chi connectivity index (χ3v) is 3.18. The zero-order valence-corrected chi connectivity index (χ0v) is 11.4. The van der Waals surface area contributed by atoms with Crippen LogP contribution in [0.5, 0.6) is 11.5 Å². The lowest BCUT2D eigenvalue weighted by molar-refractivity contribution is -0.139. The van der Waals surface area contributed by atoms with Crippen LogP contribution in [0.1, 0.15) is 38.2 Å². The molecule has 0 radical (unpaired) electrons. The molecule has 4 heteroatoms. The fourth-order valence-electron chi connectivity index (χ4n) is 2.25. The summed E-state index contributed by atoms with van der Waals surface area (Å²) in [6.07, 6.45) is 1.47. The molecule has 0 bridgehead atoms. The van der Waals surface area contributed by atoms with Crippen molar-refractivity contribution in [2.24, 2.45) is 5.92 Å². The van der Waals surface area contributed by atoms with E-state index >= 15 is 0 Å². The second-order valence-electron chi connectivity index (χ2n) is 5.28. The van der Waals surface area contributed by atoms with Gasteiger partial charge >= 0.3 is 5.97 Å². The molecular weight excluding hydrogens is 244 g/mol. The molecule has 104 valence electrons. The van der Waals surface area contributed by atoms with Crippen molar-refractivity contribution < 1.29 is 19.4 Å². The molecule has 4 nitrogen and oxygen atoms in total. The van der Waals surface area contributed by atoms with Crippen molar-refractivity contribution in [3.63, 3.8) is 0 Å². The Labute approximate surface area is 113 Å². The number of carbonyl (C=O) groups is 1. The first-order valence-electron chi connectivity index (χ1n) is 6.70. The van der Waals surface area contributed by atoms with Crippen LogP contribution in [-0.2, 0) is 4.79 Å². The topological polar surface area (TPSA) is 55.8 Å². The Morgan fingerprint density at radius 3 is 2.58 bits per heavy atom. The van der Waals surface area contributed by atoms with Gasteiger partial charge < -0.3 is 14.6 Å². The van der Waals surface area contributed by atoms with Gasteiger partial charge in [-0.2, -0.15) is 0 Å². The SMILES string of the molecule is CC(C)CC(C(=O)O)c1ccc2c(c1)OCCCO2. The van der Waals surface area contributed by atoms with Crippen molar-refractivity contribution in [1.29, 1.82) is 0 Å². The van der Waals surface area contributed by atoms with Crippen LogP contribution in [0.3, 0.4) is 0 Å². The van der Waals surface area contributed by atoms with Gasteiger partial charge in [0.1, 0.15) is 0 Å². The predicted octanol–water partition coefficient (Wildman–Crippen LogP) is 3.06. The number of carboxylic acids is 1. The van der Waals surface area contributed by atoms with Gasteiger partial charge in [0.05, 0.1) is 19.1 Å². The van der Waals surface area contributed by atoms with Crippen molar-refractivity contribution in [2.75, 3.05) is 13.2 Å². The molecule has 1 N–H and O–H groups in total. The minimum Gasteiger partial charge on any atom is -0.490 e. The summed E-state index contributed by atoms with van der Waals surface area (Å²) < 4.78 is 11.2. The van der Waals surface area contributed by atoms with E-state index in [0.717, 1.165) is 12.0 Å². The summed E-state index contributed by atoms with van der Waals surface area (Å²) in [6, 6.07) is 5.45. The van der Waals surface area contributed by atoms with E-state index in [1.807, 2.05) is 32.0 Å². The highest BCUT2D eigenvalue weighted by atomic mass is 16.5. The Morgan fingerprint density at radius 2 is 1.95 bits per heavy atom. The van der Waals surface area contributed by atoms with Crippen LogP contribution in [0.15, 0.2) is 18.2 Å². The average molecular weight is 264 g/mol. The molecule has 1 heterocycles. The fourth-order valence-corrected chi connectivity index (χ4v) is 2.25. The Bertz CT molecular complexity index is 453. The largest absolute Gasteiger partial charge is 0.490 e. The lowest BCUT2D eigenvalue weighted by atomic mass is 9.90. The van der Waals surface area contributed by atoms with Crippen LogP contribution in [0.2, 0.25) is 0 Å². The maximum atomic E-state index is 11.4. The summed E-state index contributed by atoms with van der Waals surface area (Å²) >= 11 is 0. The van der Waals surface area contributed by atoms with Crippen molar-refractivity contribution >= 4 is 5.97 Å². The molecule has 0 aromatic heterocycles. The number of benzene rings is 1. The summed E-state index contributed by atoms with van der Waals surface area (Å²) in [5.74, 6) is 0.414. The summed E-state index contributed by atoms with van der Waals surface area (Å²) in [5, 5.41) is 9.36. The summed E-state index contributed by atoms with van der Waals surface area (Å²) in [6.45, 7) is 5.30. The van der Waals surface area contributed by atoms with Crippen molar-refractivity contribution in [2.45, 2.75) is 32.6 Å². The summed E-state index contributed by atoms with van der Waals surface area (Å²) in [4.78, 5) is 11.4. The number of aliphatic carboxylic acids is 1. The average Bonchev–Trinajstić information content (AvgIpc) is 2.59. The van der Waals surface area contributed by atoms with Gasteiger partial charge in [-0.1, -0.05) is 19.9 Å². The van der Waals surface area contributed by atoms with Crippen molar-refractivity contribution in [3.8, 4) is 11.5 Å². The van der Waals surface area contributed by atoms with Gasteiger partial charge in [0.2, 0.25) is 0 Å². The third-order valence-electron chi connectivity index (χ3n) is 3.18. The molecule has 0 aliphatic carbocycles. The quantitative estimate of drug-likeness (QED) is 0.908. The lowest BCUT2D eigenvalue weighted by Gasteiger charge is -2.17. The standard InChI is InChI=1S/C15H20O4/c1-10(2)8-12(15(16)17)11-4-5-13-14(9-11)19-7-3-6-18-13/h4-5,9-10,12H,3,6-8H2,1-2H3,(H,16,17). The van der Waals surface area contributed by atoms with Gasteiger partial charge in [-0.15, -0.1) is 0 Å². The first kappa shape index (κ1) is 13.7. The molecule has 1 aromatic rings.